The van der Waals surface area contributed by atoms with Crippen LogP contribution in [0.5, 0.6) is 0 Å². The number of hydrogen-bond donors (Lipinski definition) is 1. The Bertz CT molecular complexity index is 552. The second kappa shape index (κ2) is 5.44. The van der Waals surface area contributed by atoms with Crippen LogP contribution in [-0.2, 0) is 12.8 Å². The van der Waals surface area contributed by atoms with Gasteiger partial charge in [-0.05, 0) is 24.1 Å². The molecule has 2 rings (SSSR count). The average molecular weight is 268 g/mol. The van der Waals surface area contributed by atoms with Crippen molar-refractivity contribution in [1.82, 2.24) is 4.98 Å². The van der Waals surface area contributed by atoms with Crippen molar-refractivity contribution < 1.29 is 8.78 Å². The first kappa shape index (κ1) is 13.0. The van der Waals surface area contributed by atoms with Crippen molar-refractivity contribution in [3.05, 3.63) is 46.0 Å². The summed E-state index contributed by atoms with van der Waals surface area (Å²) in [7, 11) is 0. The van der Waals surface area contributed by atoms with Crippen LogP contribution in [0.15, 0.2) is 18.2 Å². The van der Waals surface area contributed by atoms with Crippen LogP contribution in [0.25, 0.3) is 0 Å². The van der Waals surface area contributed by atoms with E-state index in [1.165, 1.54) is 17.4 Å². The lowest BCUT2D eigenvalue weighted by molar-refractivity contribution is 0.507. The summed E-state index contributed by atoms with van der Waals surface area (Å²) in [5.74, 6) is -1.64. The van der Waals surface area contributed by atoms with E-state index in [1.54, 1.807) is 6.07 Å². The van der Waals surface area contributed by atoms with E-state index in [1.807, 2.05) is 0 Å². The molecule has 0 aliphatic carbocycles. The number of thiazole rings is 1. The molecule has 2 N–H and O–H groups in total. The highest BCUT2D eigenvalue weighted by atomic mass is 32.1. The van der Waals surface area contributed by atoms with Gasteiger partial charge in [-0.3, -0.25) is 0 Å². The third kappa shape index (κ3) is 2.85. The minimum absolute atomic E-state index is 0.524. The van der Waals surface area contributed by atoms with E-state index in [-0.39, 0.29) is 0 Å². The summed E-state index contributed by atoms with van der Waals surface area (Å²) in [6.45, 7) is 2.07. The van der Waals surface area contributed by atoms with Crippen LogP contribution < -0.4 is 5.73 Å². The molecule has 2 nitrogen and oxygen atoms in total. The Kier molecular flexibility index (Phi) is 3.91. The Labute approximate surface area is 108 Å². The molecule has 18 heavy (non-hydrogen) atoms. The molecular formula is C13H14F2N2S. The first-order valence-electron chi connectivity index (χ1n) is 5.78. The number of aromatic nitrogens is 1. The molecule has 0 saturated carbocycles. The van der Waals surface area contributed by atoms with Gasteiger partial charge in [-0.2, -0.15) is 0 Å². The highest BCUT2D eigenvalue weighted by Gasteiger charge is 2.11. The molecule has 1 aromatic carbocycles. The van der Waals surface area contributed by atoms with E-state index < -0.39 is 11.6 Å². The first-order chi connectivity index (χ1) is 8.60. The summed E-state index contributed by atoms with van der Waals surface area (Å²) in [6.07, 6.45) is 2.38. The third-order valence-corrected chi connectivity index (χ3v) is 3.56. The topological polar surface area (TPSA) is 38.9 Å². The van der Waals surface area contributed by atoms with E-state index in [4.69, 9.17) is 5.73 Å². The summed E-state index contributed by atoms with van der Waals surface area (Å²) >= 11 is 1.41. The molecule has 1 aromatic heterocycles. The fraction of sp³-hybridized carbons (Fsp3) is 0.308. The summed E-state index contributed by atoms with van der Waals surface area (Å²) in [5, 5.41) is 0.524. The number of halogens is 2. The van der Waals surface area contributed by atoms with Gasteiger partial charge < -0.3 is 5.73 Å². The van der Waals surface area contributed by atoms with Gasteiger partial charge in [0.2, 0.25) is 0 Å². The zero-order valence-electron chi connectivity index (χ0n) is 10.0. The van der Waals surface area contributed by atoms with Crippen LogP contribution in [-0.4, -0.2) is 4.98 Å². The van der Waals surface area contributed by atoms with Crippen LogP contribution in [0.1, 0.15) is 29.5 Å². The molecule has 2 aromatic rings. The van der Waals surface area contributed by atoms with Crippen LogP contribution >= 0.6 is 11.3 Å². The van der Waals surface area contributed by atoms with Crippen molar-refractivity contribution in [2.45, 2.75) is 26.2 Å². The predicted octanol–water partition coefficient (Wildman–Crippen LogP) is 3.55. The average Bonchev–Trinajstić information content (AvgIpc) is 2.65. The van der Waals surface area contributed by atoms with Gasteiger partial charge in [-0.25, -0.2) is 13.8 Å². The largest absolute Gasteiger partial charge is 0.375 e. The molecule has 0 amide bonds. The van der Waals surface area contributed by atoms with E-state index in [0.717, 1.165) is 35.0 Å². The van der Waals surface area contributed by atoms with E-state index in [9.17, 15) is 8.78 Å². The second-order valence-corrected chi connectivity index (χ2v) is 5.21. The fourth-order valence-electron chi connectivity index (χ4n) is 1.81. The number of benzene rings is 1. The molecule has 0 radical (unpaired) electrons. The van der Waals surface area contributed by atoms with Gasteiger partial charge in [-0.15, -0.1) is 11.3 Å². The monoisotopic (exact) mass is 268 g/mol. The minimum Gasteiger partial charge on any atom is -0.375 e. The SMILES string of the molecule is CCCc1nc(N)sc1Cc1ccc(F)c(F)c1. The Morgan fingerprint density at radius 3 is 2.72 bits per heavy atom. The molecule has 0 aliphatic rings. The molecule has 0 aliphatic heterocycles. The maximum absolute atomic E-state index is 13.1. The van der Waals surface area contributed by atoms with Gasteiger partial charge in [0.15, 0.2) is 16.8 Å². The van der Waals surface area contributed by atoms with Gasteiger partial charge in [0.1, 0.15) is 0 Å². The summed E-state index contributed by atoms with van der Waals surface area (Å²) in [4.78, 5) is 5.29. The molecule has 0 atom stereocenters. The lowest BCUT2D eigenvalue weighted by Gasteiger charge is -2.02. The van der Waals surface area contributed by atoms with Gasteiger partial charge in [-0.1, -0.05) is 19.4 Å². The number of anilines is 1. The Morgan fingerprint density at radius 2 is 2.06 bits per heavy atom. The van der Waals surface area contributed by atoms with Gasteiger partial charge in [0.25, 0.3) is 0 Å². The fourth-order valence-corrected chi connectivity index (χ4v) is 2.72. The van der Waals surface area contributed by atoms with Gasteiger partial charge in [0.05, 0.1) is 5.69 Å². The molecule has 0 saturated heterocycles. The Hall–Kier alpha value is -1.49. The summed E-state index contributed by atoms with van der Waals surface area (Å²) in [6, 6.07) is 3.96. The molecule has 0 spiro atoms. The van der Waals surface area contributed by atoms with Crippen molar-refractivity contribution in [2.24, 2.45) is 0 Å². The third-order valence-electron chi connectivity index (χ3n) is 2.63. The van der Waals surface area contributed by atoms with Crippen molar-refractivity contribution in [2.75, 3.05) is 5.73 Å². The van der Waals surface area contributed by atoms with Crippen LogP contribution in [0.4, 0.5) is 13.9 Å². The number of hydrogen-bond acceptors (Lipinski definition) is 3. The number of aryl methyl sites for hydroxylation is 1. The number of nitrogens with two attached hydrogens (primary N) is 1. The molecule has 5 heteroatoms. The van der Waals surface area contributed by atoms with Crippen molar-refractivity contribution in [3.63, 3.8) is 0 Å². The highest BCUT2D eigenvalue weighted by molar-refractivity contribution is 7.15. The predicted molar refractivity (Wildman–Crippen MR) is 69.7 cm³/mol. The van der Waals surface area contributed by atoms with Crippen molar-refractivity contribution in [3.8, 4) is 0 Å². The van der Waals surface area contributed by atoms with Crippen LogP contribution in [0.3, 0.4) is 0 Å². The summed E-state index contributed by atoms with van der Waals surface area (Å²) < 4.78 is 26.0. The Balaban J connectivity index is 2.24. The zero-order chi connectivity index (χ0) is 13.1. The molecule has 1 heterocycles. The molecule has 0 fully saturated rings. The quantitative estimate of drug-likeness (QED) is 0.921. The maximum Gasteiger partial charge on any atom is 0.180 e. The normalized spacial score (nSPS) is 10.8. The Morgan fingerprint density at radius 1 is 1.28 bits per heavy atom. The molecule has 0 bridgehead atoms. The van der Waals surface area contributed by atoms with Crippen LogP contribution in [0, 0.1) is 11.6 Å². The maximum atomic E-state index is 13.1. The first-order valence-corrected chi connectivity index (χ1v) is 6.59. The van der Waals surface area contributed by atoms with Crippen molar-refractivity contribution in [1.29, 1.82) is 0 Å². The molecule has 96 valence electrons. The van der Waals surface area contributed by atoms with E-state index in [2.05, 4.69) is 11.9 Å². The summed E-state index contributed by atoms with van der Waals surface area (Å²) in [5.41, 5.74) is 7.38. The number of rotatable bonds is 4. The second-order valence-electron chi connectivity index (χ2n) is 4.10. The molecule has 0 unspecified atom stereocenters. The van der Waals surface area contributed by atoms with E-state index in [0.29, 0.717) is 11.6 Å². The zero-order valence-corrected chi connectivity index (χ0v) is 10.9. The number of nitrogens with zero attached hydrogens (tertiary/aromatic N) is 1. The lowest BCUT2D eigenvalue weighted by atomic mass is 10.1. The minimum atomic E-state index is -0.823. The van der Waals surface area contributed by atoms with Gasteiger partial charge >= 0.3 is 0 Å². The van der Waals surface area contributed by atoms with Crippen LogP contribution in [0.2, 0.25) is 0 Å². The molecular weight excluding hydrogens is 254 g/mol. The van der Waals surface area contributed by atoms with E-state index >= 15 is 0 Å². The lowest BCUT2D eigenvalue weighted by Crippen LogP contribution is -1.94. The standard InChI is InChI=1S/C13H14F2N2S/c1-2-3-11-12(18-13(16)17-11)7-8-4-5-9(14)10(15)6-8/h4-6H,2-3,7H2,1H3,(H2,16,17). The highest BCUT2D eigenvalue weighted by Crippen LogP contribution is 2.25. The number of nitrogen functional groups attached to an aromatic ring is 1. The van der Waals surface area contributed by atoms with Crippen molar-refractivity contribution >= 4 is 16.5 Å². The smallest absolute Gasteiger partial charge is 0.180 e. The van der Waals surface area contributed by atoms with Gasteiger partial charge in [0, 0.05) is 11.3 Å².